The normalized spacial score (nSPS) is 13.2. The van der Waals surface area contributed by atoms with Crippen LogP contribution in [0.15, 0.2) is 94.5 Å². The first-order chi connectivity index (χ1) is 21.0. The van der Waals surface area contributed by atoms with E-state index in [2.05, 4.69) is 37.8 Å². The second-order valence-electron chi connectivity index (χ2n) is 10.0. The molecular weight excluding hydrogens is 589 g/mol. The first kappa shape index (κ1) is 30.6. The Morgan fingerprint density at radius 3 is 2.43 bits per heavy atom. The SMILES string of the molecule is CCc1ccccc1-n1c(C)csc1=NC(=O)N=C(C)C(C)c1ccc(-c2ncn(-c3ccc(OC(F)(F)F)cc3)n2)cc1. The van der Waals surface area contributed by atoms with Crippen LogP contribution >= 0.6 is 11.3 Å². The first-order valence-corrected chi connectivity index (χ1v) is 14.7. The first-order valence-electron chi connectivity index (χ1n) is 13.8. The van der Waals surface area contributed by atoms with Gasteiger partial charge in [-0.15, -0.1) is 29.6 Å². The Balaban J connectivity index is 1.30. The van der Waals surface area contributed by atoms with Crippen LogP contribution in [-0.4, -0.2) is 37.4 Å². The lowest BCUT2D eigenvalue weighted by atomic mass is 9.96. The zero-order valence-corrected chi connectivity index (χ0v) is 25.2. The number of amides is 2. The number of ether oxygens (including phenoxy) is 1. The molecule has 0 N–H and O–H groups in total. The van der Waals surface area contributed by atoms with Gasteiger partial charge in [0.15, 0.2) is 10.6 Å². The molecule has 5 rings (SSSR count). The molecular formula is C32H29F3N6O2S. The third-order valence-corrected chi connectivity index (χ3v) is 8.02. The van der Waals surface area contributed by atoms with Gasteiger partial charge in [-0.25, -0.2) is 19.5 Å². The van der Waals surface area contributed by atoms with Crippen molar-refractivity contribution in [2.75, 3.05) is 0 Å². The van der Waals surface area contributed by atoms with Crippen molar-refractivity contribution in [1.82, 2.24) is 19.3 Å². The number of para-hydroxylation sites is 1. The predicted molar refractivity (Wildman–Crippen MR) is 164 cm³/mol. The highest BCUT2D eigenvalue weighted by Crippen LogP contribution is 2.25. The zero-order chi connectivity index (χ0) is 31.4. The van der Waals surface area contributed by atoms with Gasteiger partial charge in [0.2, 0.25) is 0 Å². The summed E-state index contributed by atoms with van der Waals surface area (Å²) in [6, 6.07) is 20.4. The number of halogens is 3. The van der Waals surface area contributed by atoms with Crippen LogP contribution < -0.4 is 9.54 Å². The number of urea groups is 1. The molecule has 0 saturated heterocycles. The summed E-state index contributed by atoms with van der Waals surface area (Å²) in [5, 5.41) is 6.42. The smallest absolute Gasteiger partial charge is 0.406 e. The number of carbonyl (C=O) groups is 1. The average Bonchev–Trinajstić information content (AvgIpc) is 3.63. The maximum absolute atomic E-state index is 12.9. The summed E-state index contributed by atoms with van der Waals surface area (Å²) in [6.45, 7) is 7.85. The number of thiazole rings is 1. The molecule has 0 saturated carbocycles. The number of aromatic nitrogens is 4. The van der Waals surface area contributed by atoms with Gasteiger partial charge in [-0.05, 0) is 61.7 Å². The minimum Gasteiger partial charge on any atom is -0.406 e. The van der Waals surface area contributed by atoms with Gasteiger partial charge in [-0.1, -0.05) is 56.3 Å². The molecule has 3 aromatic carbocycles. The molecule has 1 atom stereocenters. The lowest BCUT2D eigenvalue weighted by Gasteiger charge is -2.12. The Kier molecular flexibility index (Phi) is 8.91. The fraction of sp³-hybridized carbons (Fsp3) is 0.219. The fourth-order valence-corrected chi connectivity index (χ4v) is 5.49. The number of carbonyl (C=O) groups excluding carboxylic acids is 1. The quantitative estimate of drug-likeness (QED) is 0.174. The topological polar surface area (TPSA) is 86.7 Å². The number of nitrogens with zero attached hydrogens (tertiary/aromatic N) is 6. The second-order valence-corrected chi connectivity index (χ2v) is 10.9. The molecule has 2 amide bonds. The molecule has 226 valence electrons. The van der Waals surface area contributed by atoms with E-state index in [0.717, 1.165) is 34.5 Å². The van der Waals surface area contributed by atoms with Crippen molar-refractivity contribution in [3.63, 3.8) is 0 Å². The summed E-state index contributed by atoms with van der Waals surface area (Å²) in [5.41, 5.74) is 6.01. The minimum absolute atomic E-state index is 0.149. The van der Waals surface area contributed by atoms with Crippen LogP contribution in [0.2, 0.25) is 0 Å². The number of rotatable bonds is 7. The van der Waals surface area contributed by atoms with Crippen LogP contribution in [0.1, 0.15) is 43.5 Å². The number of aryl methyl sites for hydroxylation is 2. The summed E-state index contributed by atoms with van der Waals surface area (Å²) in [4.78, 5) is 26.4. The van der Waals surface area contributed by atoms with Gasteiger partial charge in [0, 0.05) is 28.3 Å². The van der Waals surface area contributed by atoms with Crippen LogP contribution in [0.4, 0.5) is 18.0 Å². The number of alkyl halides is 3. The number of hydrogen-bond donors (Lipinski definition) is 0. The molecule has 0 aliphatic heterocycles. The molecule has 2 aromatic heterocycles. The summed E-state index contributed by atoms with van der Waals surface area (Å²) < 4.78 is 44.7. The molecule has 1 unspecified atom stereocenters. The van der Waals surface area contributed by atoms with Gasteiger partial charge in [-0.2, -0.15) is 4.99 Å². The lowest BCUT2D eigenvalue weighted by molar-refractivity contribution is -0.274. The summed E-state index contributed by atoms with van der Waals surface area (Å²) in [5.74, 6) is -0.0175. The summed E-state index contributed by atoms with van der Waals surface area (Å²) >= 11 is 1.40. The van der Waals surface area contributed by atoms with E-state index in [0.29, 0.717) is 22.0 Å². The van der Waals surface area contributed by atoms with E-state index in [1.807, 2.05) is 66.3 Å². The Bertz CT molecular complexity index is 1870. The molecule has 44 heavy (non-hydrogen) atoms. The van der Waals surface area contributed by atoms with Crippen molar-refractivity contribution in [1.29, 1.82) is 0 Å². The van der Waals surface area contributed by atoms with Gasteiger partial charge in [0.05, 0.1) is 11.4 Å². The maximum atomic E-state index is 12.9. The Hall–Kier alpha value is -4.84. The van der Waals surface area contributed by atoms with Crippen molar-refractivity contribution in [3.8, 4) is 28.5 Å². The summed E-state index contributed by atoms with van der Waals surface area (Å²) in [6.07, 6.45) is -2.42. The van der Waals surface area contributed by atoms with Gasteiger partial charge in [0.1, 0.15) is 12.1 Å². The fourth-order valence-electron chi connectivity index (χ4n) is 4.63. The van der Waals surface area contributed by atoms with Crippen molar-refractivity contribution >= 4 is 23.1 Å². The molecule has 5 aromatic rings. The molecule has 0 aliphatic carbocycles. The van der Waals surface area contributed by atoms with Gasteiger partial charge in [0.25, 0.3) is 0 Å². The van der Waals surface area contributed by atoms with Crippen LogP contribution in [0, 0.1) is 6.92 Å². The zero-order valence-electron chi connectivity index (χ0n) is 24.4. The Morgan fingerprint density at radius 2 is 1.75 bits per heavy atom. The van der Waals surface area contributed by atoms with Crippen LogP contribution in [0.25, 0.3) is 22.8 Å². The third-order valence-electron chi connectivity index (χ3n) is 7.08. The van der Waals surface area contributed by atoms with Crippen molar-refractivity contribution in [2.45, 2.75) is 46.4 Å². The molecule has 0 aliphatic rings. The highest BCUT2D eigenvalue weighted by molar-refractivity contribution is 7.07. The Labute approximate surface area is 255 Å². The van der Waals surface area contributed by atoms with E-state index in [4.69, 9.17) is 0 Å². The van der Waals surface area contributed by atoms with Gasteiger partial charge in [-0.3, -0.25) is 4.57 Å². The van der Waals surface area contributed by atoms with Crippen molar-refractivity contribution in [3.05, 3.63) is 106 Å². The van der Waals surface area contributed by atoms with E-state index >= 15 is 0 Å². The van der Waals surface area contributed by atoms with E-state index < -0.39 is 12.4 Å². The molecule has 2 heterocycles. The van der Waals surface area contributed by atoms with E-state index in [1.165, 1.54) is 46.6 Å². The standard InChI is InChI=1S/C32H29F3N6O2S/c1-5-23-8-6-7-9-28(23)41-20(2)18-44-31(41)38-30(42)37-22(4)21(3)24-10-12-25(13-11-24)29-36-19-40(39-29)26-14-16-27(17-15-26)43-32(33,34)35/h6-19,21H,5H2,1-4H3. The van der Waals surface area contributed by atoms with E-state index in [-0.39, 0.29) is 11.7 Å². The largest absolute Gasteiger partial charge is 0.573 e. The van der Waals surface area contributed by atoms with E-state index in [9.17, 15) is 18.0 Å². The van der Waals surface area contributed by atoms with Crippen LogP contribution in [0.3, 0.4) is 0 Å². The second kappa shape index (κ2) is 12.8. The average molecular weight is 619 g/mol. The lowest BCUT2D eigenvalue weighted by Crippen LogP contribution is -2.17. The van der Waals surface area contributed by atoms with Crippen molar-refractivity contribution < 1.29 is 22.7 Å². The van der Waals surface area contributed by atoms with E-state index in [1.54, 1.807) is 6.92 Å². The number of aliphatic imine (C=N–C) groups is 1. The number of benzene rings is 3. The van der Waals surface area contributed by atoms with Crippen molar-refractivity contribution in [2.24, 2.45) is 9.98 Å². The molecule has 8 nitrogen and oxygen atoms in total. The molecule has 0 bridgehead atoms. The van der Waals surface area contributed by atoms with Crippen LogP contribution in [0.5, 0.6) is 5.75 Å². The molecule has 0 radical (unpaired) electrons. The molecule has 0 fully saturated rings. The summed E-state index contributed by atoms with van der Waals surface area (Å²) in [7, 11) is 0. The van der Waals surface area contributed by atoms with Gasteiger partial charge >= 0.3 is 12.4 Å². The highest BCUT2D eigenvalue weighted by atomic mass is 32.1. The monoisotopic (exact) mass is 618 g/mol. The predicted octanol–water partition coefficient (Wildman–Crippen LogP) is 7.84. The molecule has 0 spiro atoms. The molecule has 12 heteroatoms. The minimum atomic E-state index is -4.76. The Morgan fingerprint density at radius 1 is 1.05 bits per heavy atom. The third kappa shape index (κ3) is 7.03. The number of hydrogen-bond acceptors (Lipinski definition) is 5. The highest BCUT2D eigenvalue weighted by Gasteiger charge is 2.31. The maximum Gasteiger partial charge on any atom is 0.573 e. The van der Waals surface area contributed by atoms with Crippen LogP contribution in [-0.2, 0) is 6.42 Å². The van der Waals surface area contributed by atoms with Gasteiger partial charge < -0.3 is 4.74 Å².